The van der Waals surface area contributed by atoms with Gasteiger partial charge >= 0.3 is 0 Å². The third-order valence-corrected chi connectivity index (χ3v) is 9.75. The van der Waals surface area contributed by atoms with E-state index in [2.05, 4.69) is 46.8 Å². The van der Waals surface area contributed by atoms with E-state index in [-0.39, 0.29) is 6.10 Å². The maximum Gasteiger partial charge on any atom is 0.0578 e. The third kappa shape index (κ3) is 3.34. The molecule has 28 heavy (non-hydrogen) atoms. The molecule has 0 spiro atoms. The van der Waals surface area contributed by atoms with Crippen LogP contribution in [0.15, 0.2) is 23.3 Å². The van der Waals surface area contributed by atoms with Crippen molar-refractivity contribution in [2.45, 2.75) is 105 Å². The number of rotatable bonds is 5. The molecule has 0 aromatic carbocycles. The third-order valence-electron chi connectivity index (χ3n) is 9.75. The number of fused-ring (bicyclic) bond motifs is 5. The first-order chi connectivity index (χ1) is 13.3. The Hall–Kier alpha value is -0.560. The topological polar surface area (TPSA) is 20.2 Å². The maximum atomic E-state index is 10.2. The first-order valence-electron chi connectivity index (χ1n) is 12.3. The molecule has 0 aromatic heterocycles. The molecular formula is C27H44O. The maximum absolute atomic E-state index is 10.2. The number of aliphatic hydroxyl groups excluding tert-OH is 1. The second-order valence-electron chi connectivity index (χ2n) is 11.8. The van der Waals surface area contributed by atoms with Crippen LogP contribution in [0.3, 0.4) is 0 Å². The molecule has 3 saturated carbocycles. The Labute approximate surface area is 174 Å². The van der Waals surface area contributed by atoms with Gasteiger partial charge in [0.25, 0.3) is 0 Å². The van der Waals surface area contributed by atoms with Crippen LogP contribution in [-0.2, 0) is 0 Å². The lowest BCUT2D eigenvalue weighted by Gasteiger charge is -2.55. The zero-order valence-corrected chi connectivity index (χ0v) is 19.1. The second kappa shape index (κ2) is 7.60. The van der Waals surface area contributed by atoms with Crippen molar-refractivity contribution >= 4 is 0 Å². The minimum absolute atomic E-state index is 0.106. The van der Waals surface area contributed by atoms with Gasteiger partial charge in [-0.2, -0.15) is 0 Å². The summed E-state index contributed by atoms with van der Waals surface area (Å²) >= 11 is 0. The fraction of sp³-hybridized carbons (Fsp3) is 0.852. The molecule has 0 radical (unpaired) electrons. The minimum atomic E-state index is -0.106. The van der Waals surface area contributed by atoms with Crippen LogP contribution in [0.2, 0.25) is 0 Å². The van der Waals surface area contributed by atoms with Gasteiger partial charge in [-0.3, -0.25) is 0 Å². The van der Waals surface area contributed by atoms with Gasteiger partial charge in [0, 0.05) is 0 Å². The molecule has 0 heterocycles. The fourth-order valence-corrected chi connectivity index (χ4v) is 8.01. The zero-order chi connectivity index (χ0) is 20.1. The predicted octanol–water partition coefficient (Wildman–Crippen LogP) is 7.31. The summed E-state index contributed by atoms with van der Waals surface area (Å²) in [5.74, 6) is 4.19. The normalized spacial score (nSPS) is 43.7. The Balaban J connectivity index is 1.53. The van der Waals surface area contributed by atoms with Crippen LogP contribution in [0.25, 0.3) is 0 Å². The summed E-state index contributed by atoms with van der Waals surface area (Å²) in [7, 11) is 0. The highest BCUT2D eigenvalue weighted by Gasteiger charge is 2.56. The highest BCUT2D eigenvalue weighted by Crippen LogP contribution is 2.66. The molecule has 0 amide bonds. The van der Waals surface area contributed by atoms with Crippen molar-refractivity contribution in [2.24, 2.45) is 40.4 Å². The Morgan fingerprint density at radius 3 is 2.50 bits per heavy atom. The van der Waals surface area contributed by atoms with Crippen molar-refractivity contribution < 1.29 is 5.11 Å². The zero-order valence-electron chi connectivity index (χ0n) is 19.1. The van der Waals surface area contributed by atoms with E-state index in [0.29, 0.717) is 10.8 Å². The van der Waals surface area contributed by atoms with Gasteiger partial charge in [0.15, 0.2) is 0 Å². The summed E-state index contributed by atoms with van der Waals surface area (Å²) in [4.78, 5) is 0. The monoisotopic (exact) mass is 384 g/mol. The van der Waals surface area contributed by atoms with Crippen molar-refractivity contribution in [3.63, 3.8) is 0 Å². The van der Waals surface area contributed by atoms with Gasteiger partial charge < -0.3 is 5.11 Å². The number of hydrogen-bond donors (Lipinski definition) is 1. The molecule has 1 heteroatoms. The Morgan fingerprint density at radius 1 is 0.964 bits per heavy atom. The van der Waals surface area contributed by atoms with Gasteiger partial charge in [0.05, 0.1) is 6.10 Å². The summed E-state index contributed by atoms with van der Waals surface area (Å²) in [6, 6.07) is 0. The molecule has 3 fully saturated rings. The van der Waals surface area contributed by atoms with Crippen molar-refractivity contribution in [3.8, 4) is 0 Å². The quantitative estimate of drug-likeness (QED) is 0.527. The average Bonchev–Trinajstić information content (AvgIpc) is 2.99. The van der Waals surface area contributed by atoms with Gasteiger partial charge in [0.2, 0.25) is 0 Å². The van der Waals surface area contributed by atoms with Gasteiger partial charge in [-0.25, -0.2) is 0 Å². The number of allylic oxidation sites excluding steroid dienone is 3. The lowest BCUT2D eigenvalue weighted by molar-refractivity contribution is 0.0323. The van der Waals surface area contributed by atoms with E-state index in [9.17, 15) is 5.11 Å². The molecule has 0 aliphatic heterocycles. The highest BCUT2D eigenvalue weighted by atomic mass is 16.3. The van der Waals surface area contributed by atoms with Crippen LogP contribution in [0.1, 0.15) is 98.8 Å². The van der Waals surface area contributed by atoms with E-state index in [0.717, 1.165) is 42.4 Å². The lowest BCUT2D eigenvalue weighted by atomic mass is 9.50. The first kappa shape index (κ1) is 20.7. The highest BCUT2D eigenvalue weighted by molar-refractivity contribution is 5.38. The van der Waals surface area contributed by atoms with E-state index in [1.54, 1.807) is 11.1 Å². The molecule has 0 aromatic rings. The minimum Gasteiger partial charge on any atom is -0.393 e. The van der Waals surface area contributed by atoms with Crippen LogP contribution in [0.4, 0.5) is 0 Å². The Bertz CT molecular complexity index is 643. The van der Waals surface area contributed by atoms with Crippen molar-refractivity contribution in [1.29, 1.82) is 0 Å². The largest absolute Gasteiger partial charge is 0.393 e. The van der Waals surface area contributed by atoms with Crippen molar-refractivity contribution in [3.05, 3.63) is 23.3 Å². The molecule has 4 aliphatic carbocycles. The molecule has 158 valence electrons. The molecule has 4 aliphatic rings. The van der Waals surface area contributed by atoms with Crippen LogP contribution in [-0.4, -0.2) is 11.2 Å². The molecule has 0 saturated heterocycles. The van der Waals surface area contributed by atoms with Crippen molar-refractivity contribution in [2.75, 3.05) is 0 Å². The standard InChI is InChI=1S/C27H44O/c1-18(2)7-6-8-19(3)23-11-12-24-22-10-9-20-17-21(28)13-15-26(20,4)25(22)14-16-27(23,24)5/h9-10,18-19,21,23-25,28H,6-8,11-17H2,1-5H3/t19-,21+,23-,24+,25-,26+,27-/m1/s1. The summed E-state index contributed by atoms with van der Waals surface area (Å²) in [5.41, 5.74) is 4.19. The van der Waals surface area contributed by atoms with E-state index in [1.807, 2.05) is 0 Å². The SMILES string of the molecule is CC(C)CCC[C@@H](C)[C@H]1CC[C@H]2C3=CC=C4C[C@@H](O)CC[C@]4(C)[C@@H]3CC[C@]12C. The Kier molecular flexibility index (Phi) is 5.62. The smallest absolute Gasteiger partial charge is 0.0578 e. The predicted molar refractivity (Wildman–Crippen MR) is 119 cm³/mol. The lowest BCUT2D eigenvalue weighted by Crippen LogP contribution is -2.46. The van der Waals surface area contributed by atoms with Crippen molar-refractivity contribution in [1.82, 2.24) is 0 Å². The number of hydrogen-bond acceptors (Lipinski definition) is 1. The molecule has 4 rings (SSSR count). The summed E-state index contributed by atoms with van der Waals surface area (Å²) in [6.45, 7) is 12.5. The molecule has 0 bridgehead atoms. The first-order valence-corrected chi connectivity index (χ1v) is 12.3. The molecule has 1 nitrogen and oxygen atoms in total. The van der Waals surface area contributed by atoms with E-state index in [1.165, 1.54) is 51.4 Å². The van der Waals surface area contributed by atoms with Crippen LogP contribution < -0.4 is 0 Å². The molecule has 1 N–H and O–H groups in total. The number of aliphatic hydroxyl groups is 1. The molecule has 0 unspecified atom stereocenters. The van der Waals surface area contributed by atoms with Gasteiger partial charge in [0.1, 0.15) is 0 Å². The van der Waals surface area contributed by atoms with Gasteiger partial charge in [-0.05, 0) is 85.4 Å². The molecular weight excluding hydrogens is 340 g/mol. The summed E-state index contributed by atoms with van der Waals surface area (Å²) in [6.07, 6.45) is 17.8. The fourth-order valence-electron chi connectivity index (χ4n) is 8.01. The van der Waals surface area contributed by atoms with Gasteiger partial charge in [-0.1, -0.05) is 77.2 Å². The van der Waals surface area contributed by atoms with Crippen LogP contribution in [0, 0.1) is 40.4 Å². The van der Waals surface area contributed by atoms with E-state index < -0.39 is 0 Å². The van der Waals surface area contributed by atoms with E-state index in [4.69, 9.17) is 0 Å². The Morgan fingerprint density at radius 2 is 1.75 bits per heavy atom. The summed E-state index contributed by atoms with van der Waals surface area (Å²) in [5, 5.41) is 10.2. The van der Waals surface area contributed by atoms with Gasteiger partial charge in [-0.15, -0.1) is 0 Å². The van der Waals surface area contributed by atoms with Crippen LogP contribution in [0.5, 0.6) is 0 Å². The molecule has 7 atom stereocenters. The second-order valence-corrected chi connectivity index (χ2v) is 11.8. The van der Waals surface area contributed by atoms with E-state index >= 15 is 0 Å². The van der Waals surface area contributed by atoms with Crippen LogP contribution >= 0.6 is 0 Å². The summed E-state index contributed by atoms with van der Waals surface area (Å²) < 4.78 is 0. The average molecular weight is 385 g/mol.